The minimum absolute atomic E-state index is 0.152. The zero-order chi connectivity index (χ0) is 20.5. The Balaban J connectivity index is 1.98. The first-order chi connectivity index (χ1) is 13.2. The number of carbonyl (C=O) groups is 1. The van der Waals surface area contributed by atoms with E-state index in [0.717, 1.165) is 0 Å². The van der Waals surface area contributed by atoms with Crippen LogP contribution in [-0.4, -0.2) is 16.3 Å². The number of aromatic nitrogens is 1. The Hall–Kier alpha value is -2.87. The molecule has 0 amide bonds. The van der Waals surface area contributed by atoms with Crippen LogP contribution in [-0.2, 0) is 11.0 Å². The summed E-state index contributed by atoms with van der Waals surface area (Å²) in [7, 11) is 0. The van der Waals surface area contributed by atoms with Gasteiger partial charge in [-0.3, -0.25) is 4.79 Å². The van der Waals surface area contributed by atoms with E-state index < -0.39 is 34.8 Å². The molecule has 9 heteroatoms. The van der Waals surface area contributed by atoms with Gasteiger partial charge in [0.1, 0.15) is 11.5 Å². The molecule has 146 valence electrons. The third-order valence-electron chi connectivity index (χ3n) is 3.81. The highest BCUT2D eigenvalue weighted by molar-refractivity contribution is 6.64. The number of fused-ring (bicyclic) bond motifs is 1. The summed E-state index contributed by atoms with van der Waals surface area (Å²) in [6.07, 6.45) is -5.12. The topological polar surface area (TPSA) is 48.4 Å². The van der Waals surface area contributed by atoms with Crippen LogP contribution in [0.2, 0.25) is 0 Å². The molecule has 0 aliphatic carbocycles. The Morgan fingerprint density at radius 2 is 1.71 bits per heavy atom. The van der Waals surface area contributed by atoms with Gasteiger partial charge >= 0.3 is 6.18 Å². The maximum absolute atomic E-state index is 14.0. The normalized spacial score (nSPS) is 12.6. The molecule has 1 unspecified atom stereocenters. The zero-order valence-electron chi connectivity index (χ0n) is 14.3. The predicted molar refractivity (Wildman–Crippen MR) is 94.2 cm³/mol. The van der Waals surface area contributed by atoms with E-state index in [1.54, 1.807) is 30.3 Å². The molecule has 0 spiro atoms. The molecule has 3 rings (SSSR count). The highest BCUT2D eigenvalue weighted by atomic mass is 35.5. The van der Waals surface area contributed by atoms with Crippen LogP contribution < -0.4 is 9.47 Å². The van der Waals surface area contributed by atoms with Gasteiger partial charge in [-0.2, -0.15) is 13.2 Å². The van der Waals surface area contributed by atoms with Crippen molar-refractivity contribution in [3.8, 4) is 17.4 Å². The Kier molecular flexibility index (Phi) is 5.42. The summed E-state index contributed by atoms with van der Waals surface area (Å²) in [6.45, 7) is 1.48. The zero-order valence-corrected chi connectivity index (χ0v) is 15.0. The van der Waals surface area contributed by atoms with Crippen LogP contribution in [0.15, 0.2) is 48.7 Å². The van der Waals surface area contributed by atoms with Gasteiger partial charge in [-0.25, -0.2) is 9.37 Å². The van der Waals surface area contributed by atoms with Crippen molar-refractivity contribution in [1.29, 1.82) is 0 Å². The monoisotopic (exact) mass is 413 g/mol. The van der Waals surface area contributed by atoms with Crippen molar-refractivity contribution in [2.24, 2.45) is 0 Å². The molecule has 28 heavy (non-hydrogen) atoms. The molecule has 3 aromatic rings. The van der Waals surface area contributed by atoms with Crippen LogP contribution in [0.25, 0.3) is 10.8 Å². The minimum Gasteiger partial charge on any atom is -0.481 e. The molecular formula is C19H12ClF4NO3. The number of carbonyl (C=O) groups excluding carboxylic acids is 1. The molecule has 0 aliphatic heterocycles. The van der Waals surface area contributed by atoms with Crippen LogP contribution in [0.4, 0.5) is 17.6 Å². The average Bonchev–Trinajstić information content (AvgIpc) is 2.63. The van der Waals surface area contributed by atoms with Gasteiger partial charge in [-0.1, -0.05) is 24.3 Å². The van der Waals surface area contributed by atoms with Gasteiger partial charge in [0.25, 0.3) is 11.1 Å². The predicted octanol–water partition coefficient (Wildman–Crippen LogP) is 5.72. The van der Waals surface area contributed by atoms with Crippen molar-refractivity contribution < 1.29 is 31.8 Å². The van der Waals surface area contributed by atoms with Crippen molar-refractivity contribution in [2.45, 2.75) is 19.2 Å². The molecule has 0 bridgehead atoms. The summed E-state index contributed by atoms with van der Waals surface area (Å²) in [5, 5.41) is 0.341. The molecule has 1 atom stereocenters. The molecular weight excluding hydrogens is 402 g/mol. The van der Waals surface area contributed by atoms with Gasteiger partial charge in [-0.05, 0) is 36.7 Å². The number of benzene rings is 2. The number of ether oxygens (including phenoxy) is 2. The molecule has 1 heterocycles. The van der Waals surface area contributed by atoms with Gasteiger partial charge in [-0.15, -0.1) is 0 Å². The third-order valence-corrected chi connectivity index (χ3v) is 4.11. The number of halogens is 5. The number of hydrogen-bond donors (Lipinski definition) is 0. The summed E-state index contributed by atoms with van der Waals surface area (Å²) < 4.78 is 62.9. The van der Waals surface area contributed by atoms with Crippen LogP contribution in [0.1, 0.15) is 12.5 Å². The summed E-state index contributed by atoms with van der Waals surface area (Å²) in [6, 6.07) is 9.95. The molecule has 0 N–H and O–H groups in total. The van der Waals surface area contributed by atoms with Crippen molar-refractivity contribution in [3.63, 3.8) is 0 Å². The van der Waals surface area contributed by atoms with Gasteiger partial charge in [0.15, 0.2) is 11.9 Å². The summed E-state index contributed by atoms with van der Waals surface area (Å²) >= 11 is 5.41. The number of alkyl halides is 3. The molecule has 0 saturated carbocycles. The van der Waals surface area contributed by atoms with E-state index in [0.29, 0.717) is 28.8 Å². The van der Waals surface area contributed by atoms with Crippen molar-refractivity contribution in [2.75, 3.05) is 0 Å². The van der Waals surface area contributed by atoms with E-state index in [-0.39, 0.29) is 5.75 Å². The van der Waals surface area contributed by atoms with Gasteiger partial charge in [0.2, 0.25) is 0 Å². The first-order valence-corrected chi connectivity index (χ1v) is 8.33. The smallest absolute Gasteiger partial charge is 0.417 e. The molecule has 4 nitrogen and oxygen atoms in total. The lowest BCUT2D eigenvalue weighted by Crippen LogP contribution is -2.18. The van der Waals surface area contributed by atoms with Crippen LogP contribution in [0.3, 0.4) is 0 Å². The lowest BCUT2D eigenvalue weighted by atomic mass is 10.1. The first kappa shape index (κ1) is 19.9. The van der Waals surface area contributed by atoms with E-state index >= 15 is 0 Å². The van der Waals surface area contributed by atoms with E-state index in [1.165, 1.54) is 13.0 Å². The van der Waals surface area contributed by atoms with Crippen LogP contribution >= 0.6 is 11.6 Å². The lowest BCUT2D eigenvalue weighted by molar-refractivity contribution is -0.138. The SMILES string of the molecule is CC(Oc1cccc2c(Oc3ncc(C(F)(F)F)cc3F)cccc12)C(=O)Cl. The van der Waals surface area contributed by atoms with Gasteiger partial charge in [0.05, 0.1) is 5.56 Å². The van der Waals surface area contributed by atoms with E-state index in [2.05, 4.69) is 4.98 Å². The summed E-state index contributed by atoms with van der Waals surface area (Å²) in [5.41, 5.74) is -1.22. The number of rotatable bonds is 5. The van der Waals surface area contributed by atoms with Crippen molar-refractivity contribution >= 4 is 27.6 Å². The number of hydrogen-bond acceptors (Lipinski definition) is 4. The number of pyridine rings is 1. The molecule has 0 fully saturated rings. The Morgan fingerprint density at radius 3 is 2.29 bits per heavy atom. The molecule has 0 aliphatic rings. The highest BCUT2D eigenvalue weighted by Gasteiger charge is 2.32. The molecule has 0 radical (unpaired) electrons. The largest absolute Gasteiger partial charge is 0.481 e. The second-order valence-corrected chi connectivity index (χ2v) is 6.15. The summed E-state index contributed by atoms with van der Waals surface area (Å²) in [4.78, 5) is 14.6. The lowest BCUT2D eigenvalue weighted by Gasteiger charge is -2.15. The minimum atomic E-state index is -4.71. The van der Waals surface area contributed by atoms with E-state index in [1.807, 2.05) is 0 Å². The second kappa shape index (κ2) is 7.63. The quantitative estimate of drug-likeness (QED) is 0.396. The fourth-order valence-corrected chi connectivity index (χ4v) is 2.49. The third kappa shape index (κ3) is 4.17. The van der Waals surface area contributed by atoms with Gasteiger partial charge < -0.3 is 9.47 Å². The molecule has 0 saturated heterocycles. The molecule has 2 aromatic carbocycles. The van der Waals surface area contributed by atoms with E-state index in [4.69, 9.17) is 21.1 Å². The fourth-order valence-electron chi connectivity index (χ4n) is 2.44. The van der Waals surface area contributed by atoms with Crippen LogP contribution in [0, 0.1) is 5.82 Å². The maximum Gasteiger partial charge on any atom is 0.417 e. The standard InChI is InChI=1S/C19H12ClF4NO3/c1-10(17(20)26)27-15-6-2-5-13-12(15)4-3-7-16(13)28-18-14(21)8-11(9-25-18)19(22,23)24/h2-10H,1H3. The average molecular weight is 414 g/mol. The summed E-state index contributed by atoms with van der Waals surface area (Å²) in [5.74, 6) is -1.36. The van der Waals surface area contributed by atoms with Crippen LogP contribution in [0.5, 0.6) is 17.4 Å². The highest BCUT2D eigenvalue weighted by Crippen LogP contribution is 2.36. The van der Waals surface area contributed by atoms with Crippen molar-refractivity contribution in [3.05, 3.63) is 60.0 Å². The molecule has 1 aromatic heterocycles. The maximum atomic E-state index is 14.0. The Bertz CT molecular complexity index is 1040. The Labute approximate surface area is 161 Å². The first-order valence-electron chi connectivity index (χ1n) is 7.95. The van der Waals surface area contributed by atoms with E-state index in [9.17, 15) is 22.4 Å². The second-order valence-electron chi connectivity index (χ2n) is 5.78. The Morgan fingerprint density at radius 1 is 1.11 bits per heavy atom. The van der Waals surface area contributed by atoms with Gasteiger partial charge in [0, 0.05) is 17.0 Å². The van der Waals surface area contributed by atoms with Crippen molar-refractivity contribution in [1.82, 2.24) is 4.98 Å². The fraction of sp³-hybridized carbons (Fsp3) is 0.158. The number of nitrogens with zero attached hydrogens (tertiary/aromatic N) is 1.